The number of cyclic esters (lactones) is 2. The quantitative estimate of drug-likeness (QED) is 0.251. The molecule has 58 heavy (non-hydrogen) atoms. The van der Waals surface area contributed by atoms with Crippen molar-refractivity contribution in [3.8, 4) is 0 Å². The van der Waals surface area contributed by atoms with E-state index in [1.807, 2.05) is 47.6 Å². The fourth-order valence-corrected chi connectivity index (χ4v) is 6.81. The number of carbonyl (C=O) groups excluding carboxylic acids is 7. The van der Waals surface area contributed by atoms with Crippen molar-refractivity contribution in [2.45, 2.75) is 158 Å². The standard InChI is InChI=1S/C44H75N5O9/c1-17-20-29(10)37-30(11)21-19-22-31(12)43(55)58-38(28(9)18-2)39(51)46-36(27(7)8)42(54)49(16)33(23-25(3)4)40(52)47(14)24-34(50)45-35(26(5)6)41(53)48(15)32(13)44(56)57-37/h20,22,25-28,30,32-33,35-38H,17-19,21,23-24H2,1-16H3,(H,45,50)(H,46,51)/b29-20+,31-22+/t28-,30-,32?,33+,35?,36-,37?,38+/m0/s1. The minimum Gasteiger partial charge on any atom is -0.456 e. The molecular weight excluding hydrogens is 743 g/mol. The van der Waals surface area contributed by atoms with Crippen molar-refractivity contribution in [3.63, 3.8) is 0 Å². The van der Waals surface area contributed by atoms with E-state index in [9.17, 15) is 33.6 Å². The highest BCUT2D eigenvalue weighted by Crippen LogP contribution is 2.25. The number of amides is 5. The average molecular weight is 818 g/mol. The largest absolute Gasteiger partial charge is 0.456 e. The Hall–Kier alpha value is -4.23. The van der Waals surface area contributed by atoms with Gasteiger partial charge < -0.3 is 34.8 Å². The molecule has 2 N–H and O–H groups in total. The predicted octanol–water partition coefficient (Wildman–Crippen LogP) is 5.05. The van der Waals surface area contributed by atoms with Gasteiger partial charge in [-0.3, -0.25) is 24.0 Å². The van der Waals surface area contributed by atoms with Gasteiger partial charge in [0.05, 0.1) is 6.54 Å². The van der Waals surface area contributed by atoms with E-state index in [0.29, 0.717) is 31.3 Å². The lowest BCUT2D eigenvalue weighted by atomic mass is 9.92. The summed E-state index contributed by atoms with van der Waals surface area (Å²) in [4.78, 5) is 100. The van der Waals surface area contributed by atoms with Crippen LogP contribution < -0.4 is 10.6 Å². The van der Waals surface area contributed by atoms with E-state index >= 15 is 0 Å². The van der Waals surface area contributed by atoms with E-state index in [4.69, 9.17) is 9.47 Å². The van der Waals surface area contributed by atoms with E-state index in [-0.39, 0.29) is 30.1 Å². The second-order valence-electron chi connectivity index (χ2n) is 17.3. The molecule has 0 saturated heterocycles. The lowest BCUT2D eigenvalue weighted by Gasteiger charge is -2.36. The van der Waals surface area contributed by atoms with Crippen LogP contribution in [0.1, 0.15) is 122 Å². The molecule has 1 aliphatic rings. The maximum Gasteiger partial charge on any atom is 0.334 e. The molecule has 0 aromatic heterocycles. The van der Waals surface area contributed by atoms with Crippen LogP contribution in [-0.2, 0) is 43.0 Å². The summed E-state index contributed by atoms with van der Waals surface area (Å²) in [7, 11) is 4.44. The Kier molecular flexibility index (Phi) is 21.4. The molecule has 0 aromatic carbocycles. The van der Waals surface area contributed by atoms with Crippen molar-refractivity contribution in [2.75, 3.05) is 27.7 Å². The van der Waals surface area contributed by atoms with Crippen molar-refractivity contribution in [1.29, 1.82) is 0 Å². The van der Waals surface area contributed by atoms with E-state index in [0.717, 1.165) is 5.57 Å². The molecular formula is C44H75N5O9. The Morgan fingerprint density at radius 3 is 1.90 bits per heavy atom. The lowest BCUT2D eigenvalue weighted by Crippen LogP contribution is -2.59. The highest BCUT2D eigenvalue weighted by molar-refractivity contribution is 5.96. The number of ether oxygens (including phenoxy) is 2. The summed E-state index contributed by atoms with van der Waals surface area (Å²) in [5.41, 5.74) is 1.16. The molecule has 1 rings (SSSR count). The molecule has 330 valence electrons. The van der Waals surface area contributed by atoms with Gasteiger partial charge in [-0.1, -0.05) is 81.4 Å². The first-order chi connectivity index (χ1) is 26.9. The van der Waals surface area contributed by atoms with Gasteiger partial charge in [0.15, 0.2) is 6.10 Å². The Balaban J connectivity index is 3.81. The fraction of sp³-hybridized carbons (Fsp3) is 0.750. The van der Waals surface area contributed by atoms with Gasteiger partial charge in [-0.2, -0.15) is 0 Å². The minimum atomic E-state index is -1.19. The number of rotatable bonds is 8. The van der Waals surface area contributed by atoms with Crippen LogP contribution >= 0.6 is 0 Å². The van der Waals surface area contributed by atoms with Gasteiger partial charge in [-0.15, -0.1) is 0 Å². The van der Waals surface area contributed by atoms with Gasteiger partial charge in [0.1, 0.15) is 30.3 Å². The predicted molar refractivity (Wildman–Crippen MR) is 225 cm³/mol. The van der Waals surface area contributed by atoms with Crippen molar-refractivity contribution in [1.82, 2.24) is 25.3 Å². The third-order valence-corrected chi connectivity index (χ3v) is 11.1. The lowest BCUT2D eigenvalue weighted by molar-refractivity contribution is -0.159. The number of hydrogen-bond donors (Lipinski definition) is 2. The molecule has 0 saturated carbocycles. The van der Waals surface area contributed by atoms with Crippen LogP contribution in [-0.4, -0.2) is 120 Å². The minimum absolute atomic E-state index is 0.0263. The zero-order valence-corrected chi connectivity index (χ0v) is 38.3. The number of nitrogens with one attached hydrogen (secondary N) is 2. The molecule has 0 radical (unpaired) electrons. The Morgan fingerprint density at radius 1 is 0.828 bits per heavy atom. The number of carbonyl (C=O) groups is 7. The molecule has 0 fully saturated rings. The Bertz CT molecular complexity index is 1510. The van der Waals surface area contributed by atoms with E-state index < -0.39 is 90.3 Å². The zero-order valence-electron chi connectivity index (χ0n) is 38.3. The molecule has 14 heteroatoms. The zero-order chi connectivity index (χ0) is 44.8. The van der Waals surface area contributed by atoms with Crippen LogP contribution in [0.3, 0.4) is 0 Å². The molecule has 3 unspecified atom stereocenters. The molecule has 5 amide bonds. The van der Waals surface area contributed by atoms with Crippen molar-refractivity contribution in [3.05, 3.63) is 23.3 Å². The number of likely N-dealkylation sites (N-methyl/N-ethyl adjacent to an activating group) is 3. The van der Waals surface area contributed by atoms with Crippen LogP contribution in [0.25, 0.3) is 0 Å². The molecule has 1 aliphatic heterocycles. The van der Waals surface area contributed by atoms with Gasteiger partial charge in [-0.25, -0.2) is 9.59 Å². The second-order valence-corrected chi connectivity index (χ2v) is 17.3. The van der Waals surface area contributed by atoms with Gasteiger partial charge in [0, 0.05) is 32.6 Å². The molecule has 14 nitrogen and oxygen atoms in total. The highest BCUT2D eigenvalue weighted by Gasteiger charge is 2.39. The average Bonchev–Trinajstić information content (AvgIpc) is 3.15. The maximum absolute atomic E-state index is 14.2. The topological polar surface area (TPSA) is 172 Å². The summed E-state index contributed by atoms with van der Waals surface area (Å²) in [5, 5.41) is 5.60. The van der Waals surface area contributed by atoms with E-state index in [2.05, 4.69) is 10.6 Å². The van der Waals surface area contributed by atoms with Crippen molar-refractivity contribution < 1.29 is 43.0 Å². The molecule has 0 bridgehead atoms. The second kappa shape index (κ2) is 24.0. The Labute approximate surface area is 348 Å². The third kappa shape index (κ3) is 14.9. The number of allylic oxidation sites excluding steroid dienone is 2. The van der Waals surface area contributed by atoms with Crippen LogP contribution in [0.4, 0.5) is 0 Å². The van der Waals surface area contributed by atoms with E-state index in [1.165, 1.54) is 35.8 Å². The monoisotopic (exact) mass is 818 g/mol. The van der Waals surface area contributed by atoms with Gasteiger partial charge in [-0.05, 0) is 82.1 Å². The number of hydrogen-bond acceptors (Lipinski definition) is 9. The normalized spacial score (nSPS) is 28.3. The molecule has 0 spiro atoms. The molecule has 0 aromatic rings. The van der Waals surface area contributed by atoms with Crippen LogP contribution in [0, 0.1) is 29.6 Å². The first-order valence-corrected chi connectivity index (χ1v) is 21.0. The summed E-state index contributed by atoms with van der Waals surface area (Å²) in [6.07, 6.45) is 4.40. The molecule has 0 aliphatic carbocycles. The van der Waals surface area contributed by atoms with Crippen LogP contribution in [0.5, 0.6) is 0 Å². The first-order valence-electron chi connectivity index (χ1n) is 21.0. The Morgan fingerprint density at radius 2 is 1.38 bits per heavy atom. The SMILES string of the molecule is CC/C=C(\C)C1OC(=O)C(C)N(C)C(=O)C(C(C)C)NC(=O)CN(C)C(=O)[C@@H](CC(C)C)N(C)C(=O)[C@H](C(C)C)NC(=O)[C@@H]([C@@H](C)CC)OC(=O)/C(C)=C/CC[C@@H]1C. The molecule has 8 atom stereocenters. The molecule has 1 heterocycles. The summed E-state index contributed by atoms with van der Waals surface area (Å²) in [6, 6.07) is -4.05. The summed E-state index contributed by atoms with van der Waals surface area (Å²) in [6.45, 7) is 23.2. The van der Waals surface area contributed by atoms with Crippen LogP contribution in [0.2, 0.25) is 0 Å². The van der Waals surface area contributed by atoms with Gasteiger partial charge >= 0.3 is 11.9 Å². The smallest absolute Gasteiger partial charge is 0.334 e. The van der Waals surface area contributed by atoms with Crippen LogP contribution in [0.15, 0.2) is 23.3 Å². The summed E-state index contributed by atoms with van der Waals surface area (Å²) in [5.74, 6) is -5.36. The van der Waals surface area contributed by atoms with Crippen molar-refractivity contribution >= 4 is 41.5 Å². The summed E-state index contributed by atoms with van der Waals surface area (Å²) < 4.78 is 11.9. The third-order valence-electron chi connectivity index (χ3n) is 11.1. The van der Waals surface area contributed by atoms with E-state index in [1.54, 1.807) is 54.5 Å². The van der Waals surface area contributed by atoms with Crippen molar-refractivity contribution in [2.24, 2.45) is 29.6 Å². The fourth-order valence-electron chi connectivity index (χ4n) is 6.81. The van der Waals surface area contributed by atoms with Gasteiger partial charge in [0.25, 0.3) is 5.91 Å². The number of esters is 2. The van der Waals surface area contributed by atoms with Gasteiger partial charge in [0.2, 0.25) is 23.6 Å². The number of nitrogens with zero attached hydrogens (tertiary/aromatic N) is 3. The summed E-state index contributed by atoms with van der Waals surface area (Å²) >= 11 is 0. The maximum atomic E-state index is 14.2. The first kappa shape index (κ1) is 51.8. The highest BCUT2D eigenvalue weighted by atomic mass is 16.6.